The second-order valence-electron chi connectivity index (χ2n) is 3.23. The first-order valence-electron chi connectivity index (χ1n) is 4.64. The minimum absolute atomic E-state index is 0.00759. The minimum Gasteiger partial charge on any atom is -0.348 e. The molecule has 2 aromatic rings. The van der Waals surface area contributed by atoms with Crippen LogP contribution in [0.5, 0.6) is 0 Å². The van der Waals surface area contributed by atoms with E-state index in [-0.39, 0.29) is 17.0 Å². The Balaban J connectivity index is 2.28. The van der Waals surface area contributed by atoms with Gasteiger partial charge in [0.15, 0.2) is 5.78 Å². The molecule has 2 rings (SSSR count). The van der Waals surface area contributed by atoms with Gasteiger partial charge >= 0.3 is 0 Å². The van der Waals surface area contributed by atoms with Crippen LogP contribution in [0.25, 0.3) is 0 Å². The lowest BCUT2D eigenvalue weighted by atomic mass is 10.1. The Morgan fingerprint density at radius 3 is 2.94 bits per heavy atom. The van der Waals surface area contributed by atoms with Gasteiger partial charge in [-0.15, -0.1) is 0 Å². The summed E-state index contributed by atoms with van der Waals surface area (Å²) in [6, 6.07) is 4.16. The van der Waals surface area contributed by atoms with Gasteiger partial charge in [-0.05, 0) is 12.1 Å². The number of hydrogen-bond donors (Lipinski definition) is 1. The van der Waals surface area contributed by atoms with Crippen LogP contribution >= 0.6 is 11.6 Å². The molecule has 1 aromatic heterocycles. The molecule has 16 heavy (non-hydrogen) atoms. The second-order valence-corrected chi connectivity index (χ2v) is 3.64. The minimum atomic E-state index is -0.607. The van der Waals surface area contributed by atoms with Crippen LogP contribution in [0.4, 0.5) is 4.39 Å². The van der Waals surface area contributed by atoms with Gasteiger partial charge in [0.05, 0.1) is 17.0 Å². The van der Waals surface area contributed by atoms with E-state index in [0.29, 0.717) is 5.82 Å². The van der Waals surface area contributed by atoms with Crippen LogP contribution in [-0.4, -0.2) is 15.8 Å². The lowest BCUT2D eigenvalue weighted by Crippen LogP contribution is -2.08. The van der Waals surface area contributed by atoms with Crippen molar-refractivity contribution in [3.05, 3.63) is 52.8 Å². The van der Waals surface area contributed by atoms with Crippen LogP contribution in [0.2, 0.25) is 5.02 Å². The van der Waals surface area contributed by atoms with Crippen molar-refractivity contribution in [1.82, 2.24) is 9.97 Å². The number of hydrogen-bond acceptors (Lipinski definition) is 2. The van der Waals surface area contributed by atoms with Gasteiger partial charge in [0, 0.05) is 12.4 Å². The van der Waals surface area contributed by atoms with E-state index < -0.39 is 11.6 Å². The molecule has 0 atom stereocenters. The monoisotopic (exact) mass is 238 g/mol. The average Bonchev–Trinajstić information content (AvgIpc) is 2.70. The summed E-state index contributed by atoms with van der Waals surface area (Å²) in [6.45, 7) is 0. The van der Waals surface area contributed by atoms with Crippen molar-refractivity contribution in [1.29, 1.82) is 0 Å². The third-order valence-electron chi connectivity index (χ3n) is 2.12. The fraction of sp³-hybridized carbons (Fsp3) is 0.0909. The van der Waals surface area contributed by atoms with Crippen molar-refractivity contribution in [3.8, 4) is 0 Å². The summed E-state index contributed by atoms with van der Waals surface area (Å²) >= 11 is 5.77. The lowest BCUT2D eigenvalue weighted by Gasteiger charge is -2.03. The van der Waals surface area contributed by atoms with Gasteiger partial charge in [0.2, 0.25) is 0 Å². The zero-order valence-corrected chi connectivity index (χ0v) is 8.96. The Labute approximate surface area is 96.3 Å². The number of carbonyl (C=O) groups is 1. The Hall–Kier alpha value is -1.68. The number of aromatic nitrogens is 2. The van der Waals surface area contributed by atoms with E-state index in [4.69, 9.17) is 11.6 Å². The first-order valence-corrected chi connectivity index (χ1v) is 5.01. The first kappa shape index (κ1) is 10.8. The van der Waals surface area contributed by atoms with E-state index in [9.17, 15) is 9.18 Å². The van der Waals surface area contributed by atoms with Gasteiger partial charge < -0.3 is 4.98 Å². The molecule has 1 heterocycles. The highest BCUT2D eigenvalue weighted by molar-refractivity contribution is 6.34. The van der Waals surface area contributed by atoms with Crippen LogP contribution in [-0.2, 0) is 6.42 Å². The highest BCUT2D eigenvalue weighted by Gasteiger charge is 2.16. The summed E-state index contributed by atoms with van der Waals surface area (Å²) in [5, 5.41) is 0.122. The van der Waals surface area contributed by atoms with Crippen LogP contribution in [0.1, 0.15) is 16.2 Å². The summed E-state index contributed by atoms with van der Waals surface area (Å²) in [5.74, 6) is -0.508. The maximum absolute atomic E-state index is 13.4. The fourth-order valence-electron chi connectivity index (χ4n) is 1.40. The number of aromatic amines is 1. The second kappa shape index (κ2) is 4.45. The Bertz CT molecular complexity index is 490. The van der Waals surface area contributed by atoms with Gasteiger partial charge in [0.1, 0.15) is 11.6 Å². The van der Waals surface area contributed by atoms with Crippen molar-refractivity contribution in [2.75, 3.05) is 0 Å². The number of H-pyrrole nitrogens is 1. The van der Waals surface area contributed by atoms with Gasteiger partial charge in [-0.2, -0.15) is 0 Å². The quantitative estimate of drug-likeness (QED) is 0.836. The van der Waals surface area contributed by atoms with E-state index in [1.165, 1.54) is 24.4 Å². The number of ketones is 1. The van der Waals surface area contributed by atoms with Gasteiger partial charge in [-0.25, -0.2) is 9.37 Å². The molecule has 0 fully saturated rings. The zero-order chi connectivity index (χ0) is 11.5. The van der Waals surface area contributed by atoms with Crippen LogP contribution in [0.15, 0.2) is 30.6 Å². The fourth-order valence-corrected chi connectivity index (χ4v) is 1.67. The molecule has 5 heteroatoms. The molecule has 1 N–H and O–H groups in total. The van der Waals surface area contributed by atoms with Crippen LogP contribution in [0, 0.1) is 5.82 Å². The molecule has 0 saturated carbocycles. The molecule has 0 unspecified atom stereocenters. The van der Waals surface area contributed by atoms with Crippen LogP contribution in [0.3, 0.4) is 0 Å². The highest BCUT2D eigenvalue weighted by atomic mass is 35.5. The van der Waals surface area contributed by atoms with Crippen molar-refractivity contribution in [3.63, 3.8) is 0 Å². The molecular weight excluding hydrogens is 231 g/mol. The summed E-state index contributed by atoms with van der Waals surface area (Å²) in [7, 11) is 0. The third kappa shape index (κ3) is 2.12. The van der Waals surface area contributed by atoms with Crippen molar-refractivity contribution in [2.24, 2.45) is 0 Å². The van der Waals surface area contributed by atoms with Gasteiger partial charge in [-0.3, -0.25) is 4.79 Å². The molecule has 0 aliphatic rings. The molecule has 0 spiro atoms. The smallest absolute Gasteiger partial charge is 0.174 e. The van der Waals surface area contributed by atoms with Crippen molar-refractivity contribution < 1.29 is 9.18 Å². The van der Waals surface area contributed by atoms with Gasteiger partial charge in [-0.1, -0.05) is 17.7 Å². The highest BCUT2D eigenvalue weighted by Crippen LogP contribution is 2.20. The topological polar surface area (TPSA) is 45.8 Å². The lowest BCUT2D eigenvalue weighted by molar-refractivity contribution is 0.0987. The number of nitrogens with zero attached hydrogens (tertiary/aromatic N) is 1. The largest absolute Gasteiger partial charge is 0.348 e. The van der Waals surface area contributed by atoms with E-state index in [1.54, 1.807) is 6.20 Å². The molecule has 3 nitrogen and oxygen atoms in total. The summed E-state index contributed by atoms with van der Waals surface area (Å²) in [6.07, 6.45) is 3.14. The molecule has 0 amide bonds. The van der Waals surface area contributed by atoms with Gasteiger partial charge in [0.25, 0.3) is 0 Å². The first-order chi connectivity index (χ1) is 7.68. The average molecular weight is 239 g/mol. The number of rotatable bonds is 3. The van der Waals surface area contributed by atoms with E-state index in [2.05, 4.69) is 9.97 Å². The maximum atomic E-state index is 13.4. The molecular formula is C11H8ClFN2O. The number of nitrogens with one attached hydrogen (secondary N) is 1. The predicted molar refractivity (Wildman–Crippen MR) is 58.0 cm³/mol. The normalized spacial score (nSPS) is 10.4. The standard InChI is InChI=1S/C11H8ClFN2O/c12-7-2-1-3-8(13)11(7)9(16)6-10-14-4-5-15-10/h1-5H,6H2,(H,14,15). The maximum Gasteiger partial charge on any atom is 0.174 e. The number of benzene rings is 1. The summed E-state index contributed by atoms with van der Waals surface area (Å²) in [5.41, 5.74) is -0.0828. The predicted octanol–water partition coefficient (Wildman–Crippen LogP) is 2.63. The molecule has 0 bridgehead atoms. The molecule has 82 valence electrons. The number of halogens is 2. The molecule has 0 saturated heterocycles. The zero-order valence-electron chi connectivity index (χ0n) is 8.21. The van der Waals surface area contributed by atoms with E-state index in [0.717, 1.165) is 0 Å². The van der Waals surface area contributed by atoms with E-state index in [1.807, 2.05) is 0 Å². The molecule has 0 radical (unpaired) electrons. The Morgan fingerprint density at radius 1 is 1.50 bits per heavy atom. The summed E-state index contributed by atoms with van der Waals surface area (Å²) in [4.78, 5) is 18.4. The Kier molecular flexibility index (Phi) is 3.01. The SMILES string of the molecule is O=C(Cc1ncc[nH]1)c1c(F)cccc1Cl. The third-order valence-corrected chi connectivity index (χ3v) is 2.44. The molecule has 0 aliphatic carbocycles. The van der Waals surface area contributed by atoms with Crippen molar-refractivity contribution in [2.45, 2.75) is 6.42 Å². The summed E-state index contributed by atoms with van der Waals surface area (Å²) < 4.78 is 13.4. The van der Waals surface area contributed by atoms with Crippen LogP contribution < -0.4 is 0 Å². The molecule has 0 aliphatic heterocycles. The number of imidazole rings is 1. The Morgan fingerprint density at radius 2 is 2.31 bits per heavy atom. The number of carbonyl (C=O) groups excluding carboxylic acids is 1. The van der Waals surface area contributed by atoms with E-state index >= 15 is 0 Å². The number of Topliss-reactive ketones (excluding diaryl/α,β-unsaturated/α-hetero) is 1. The molecule has 1 aromatic carbocycles. The van der Waals surface area contributed by atoms with Crippen molar-refractivity contribution >= 4 is 17.4 Å².